The van der Waals surface area contributed by atoms with Crippen molar-refractivity contribution < 1.29 is 4.79 Å². The molecule has 1 aliphatic heterocycles. The maximum Gasteiger partial charge on any atom is 0.141 e. The molecule has 0 radical (unpaired) electrons. The number of hydrogen-bond donors (Lipinski definition) is 0. The topological polar surface area (TPSA) is 20.3 Å². The zero-order valence-corrected chi connectivity index (χ0v) is 13.4. The van der Waals surface area contributed by atoms with Crippen molar-refractivity contribution in [3.63, 3.8) is 0 Å². The second-order valence-electron chi connectivity index (χ2n) is 7.28. The Balaban J connectivity index is 2.21. The Morgan fingerprint density at radius 1 is 1.00 bits per heavy atom. The van der Waals surface area contributed by atoms with Gasteiger partial charge in [0, 0.05) is 29.8 Å². The zero-order valence-electron chi connectivity index (χ0n) is 13.4. The molecule has 0 bridgehead atoms. The van der Waals surface area contributed by atoms with Crippen molar-refractivity contribution >= 4 is 11.5 Å². The van der Waals surface area contributed by atoms with Gasteiger partial charge in [-0.1, -0.05) is 18.2 Å². The van der Waals surface area contributed by atoms with Crippen LogP contribution in [0.15, 0.2) is 35.5 Å². The van der Waals surface area contributed by atoms with Gasteiger partial charge in [-0.25, -0.2) is 0 Å². The summed E-state index contributed by atoms with van der Waals surface area (Å²) >= 11 is 0. The molecule has 1 heterocycles. The molecule has 0 N–H and O–H groups in total. The van der Waals surface area contributed by atoms with E-state index in [4.69, 9.17) is 0 Å². The summed E-state index contributed by atoms with van der Waals surface area (Å²) in [5.74, 6) is 0.366. The van der Waals surface area contributed by atoms with Crippen molar-refractivity contribution in [3.8, 4) is 0 Å². The van der Waals surface area contributed by atoms with Crippen LogP contribution < -0.4 is 4.90 Å². The number of rotatable bonds is 0. The Morgan fingerprint density at radius 2 is 1.71 bits per heavy atom. The van der Waals surface area contributed by atoms with Crippen molar-refractivity contribution in [2.75, 3.05) is 4.90 Å². The summed E-state index contributed by atoms with van der Waals surface area (Å²) in [5.41, 5.74) is 5.24. The molecule has 1 aromatic rings. The summed E-state index contributed by atoms with van der Waals surface area (Å²) in [6.07, 6.45) is 5.88. The molecule has 2 heteroatoms. The fourth-order valence-electron chi connectivity index (χ4n) is 3.72. The molecular formula is C19H25NO. The molecule has 0 saturated carbocycles. The predicted molar refractivity (Wildman–Crippen MR) is 87.5 cm³/mol. The first-order valence-corrected chi connectivity index (χ1v) is 8.07. The van der Waals surface area contributed by atoms with E-state index in [-0.39, 0.29) is 5.54 Å². The first-order valence-electron chi connectivity index (χ1n) is 8.07. The van der Waals surface area contributed by atoms with Crippen LogP contribution in [0.25, 0.3) is 0 Å². The van der Waals surface area contributed by atoms with E-state index in [0.717, 1.165) is 12.8 Å². The van der Waals surface area contributed by atoms with E-state index in [0.29, 0.717) is 18.6 Å². The van der Waals surface area contributed by atoms with Gasteiger partial charge in [-0.15, -0.1) is 0 Å². The van der Waals surface area contributed by atoms with Gasteiger partial charge in [0.15, 0.2) is 0 Å². The van der Waals surface area contributed by atoms with Crippen LogP contribution in [0.5, 0.6) is 0 Å². The maximum absolute atomic E-state index is 12.4. The van der Waals surface area contributed by atoms with Crippen LogP contribution in [0.4, 0.5) is 5.69 Å². The summed E-state index contributed by atoms with van der Waals surface area (Å²) in [7, 11) is 0. The van der Waals surface area contributed by atoms with Crippen LogP contribution in [0, 0.1) is 0 Å². The highest BCUT2D eigenvalue weighted by atomic mass is 16.1. The lowest BCUT2D eigenvalue weighted by Gasteiger charge is -2.44. The van der Waals surface area contributed by atoms with E-state index in [2.05, 4.69) is 43.9 Å². The number of allylic oxidation sites excluding steroid dienone is 2. The molecule has 0 saturated heterocycles. The van der Waals surface area contributed by atoms with Crippen LogP contribution in [0.3, 0.4) is 0 Å². The number of benzene rings is 1. The standard InChI is InChI=1S/C19H25NO/c1-19(2,3)20-17-10-6-4-8-14(17)12-16(21)13-15-9-5-7-11-18(15)20/h4,6,8,10H,5,7,9,11-13H2,1-3H3. The number of hydrogen-bond acceptors (Lipinski definition) is 2. The number of ketones is 1. The summed E-state index contributed by atoms with van der Waals surface area (Å²) in [6, 6.07) is 8.43. The Bertz CT molecular complexity index is 592. The van der Waals surface area contributed by atoms with E-state index in [1.807, 2.05) is 6.07 Å². The van der Waals surface area contributed by atoms with Crippen LogP contribution in [0.1, 0.15) is 58.4 Å². The number of fused-ring (bicyclic) bond motifs is 1. The van der Waals surface area contributed by atoms with Crippen molar-refractivity contribution in [2.45, 2.75) is 64.8 Å². The third-order valence-electron chi connectivity index (χ3n) is 4.52. The minimum atomic E-state index is 0.0361. The van der Waals surface area contributed by atoms with Crippen molar-refractivity contribution in [1.29, 1.82) is 0 Å². The second-order valence-corrected chi connectivity index (χ2v) is 7.28. The van der Waals surface area contributed by atoms with E-state index in [9.17, 15) is 4.79 Å². The molecule has 0 spiro atoms. The van der Waals surface area contributed by atoms with E-state index in [1.54, 1.807) is 0 Å². The van der Waals surface area contributed by atoms with Crippen molar-refractivity contribution in [3.05, 3.63) is 41.1 Å². The Kier molecular flexibility index (Phi) is 3.64. The number of Topliss-reactive ketones (excluding diaryl/α,β-unsaturated/α-hetero) is 1. The lowest BCUT2D eigenvalue weighted by molar-refractivity contribution is -0.117. The number of para-hydroxylation sites is 1. The molecule has 2 nitrogen and oxygen atoms in total. The largest absolute Gasteiger partial charge is 0.340 e. The van der Waals surface area contributed by atoms with Crippen molar-refractivity contribution in [1.82, 2.24) is 0 Å². The van der Waals surface area contributed by atoms with Crippen LogP contribution in [-0.4, -0.2) is 11.3 Å². The summed E-state index contributed by atoms with van der Waals surface area (Å²) in [6.45, 7) is 6.81. The van der Waals surface area contributed by atoms with E-state index >= 15 is 0 Å². The Morgan fingerprint density at radius 3 is 2.48 bits per heavy atom. The highest BCUT2D eigenvalue weighted by molar-refractivity contribution is 5.86. The third kappa shape index (κ3) is 2.76. The number of anilines is 1. The molecule has 21 heavy (non-hydrogen) atoms. The van der Waals surface area contributed by atoms with E-state index in [1.165, 1.54) is 35.4 Å². The average molecular weight is 283 g/mol. The summed E-state index contributed by atoms with van der Waals surface area (Å²) < 4.78 is 0. The molecule has 3 rings (SSSR count). The van der Waals surface area contributed by atoms with Crippen LogP contribution in [-0.2, 0) is 11.2 Å². The Hall–Kier alpha value is -1.57. The molecule has 0 atom stereocenters. The smallest absolute Gasteiger partial charge is 0.141 e. The lowest BCUT2D eigenvalue weighted by atomic mass is 9.86. The minimum Gasteiger partial charge on any atom is -0.340 e. The first kappa shape index (κ1) is 14.4. The normalized spacial score (nSPS) is 19.8. The average Bonchev–Trinajstić information content (AvgIpc) is 2.39. The molecule has 0 fully saturated rings. The second kappa shape index (κ2) is 5.32. The quantitative estimate of drug-likeness (QED) is 0.691. The van der Waals surface area contributed by atoms with Gasteiger partial charge in [-0.05, 0) is 63.7 Å². The fourth-order valence-corrected chi connectivity index (χ4v) is 3.72. The minimum absolute atomic E-state index is 0.0361. The summed E-state index contributed by atoms with van der Waals surface area (Å²) in [4.78, 5) is 14.9. The van der Waals surface area contributed by atoms with Gasteiger partial charge in [-0.3, -0.25) is 4.79 Å². The van der Waals surface area contributed by atoms with Gasteiger partial charge in [0.2, 0.25) is 0 Å². The van der Waals surface area contributed by atoms with Crippen molar-refractivity contribution in [2.24, 2.45) is 0 Å². The van der Waals surface area contributed by atoms with Gasteiger partial charge >= 0.3 is 0 Å². The van der Waals surface area contributed by atoms with E-state index < -0.39 is 0 Å². The predicted octanol–water partition coefficient (Wildman–Crippen LogP) is 4.63. The SMILES string of the molecule is CC(C)(C)N1C2=C(CCCC2)CC(=O)Cc2ccccc21. The number of carbonyl (C=O) groups is 1. The molecule has 0 aromatic heterocycles. The third-order valence-corrected chi connectivity index (χ3v) is 4.52. The monoisotopic (exact) mass is 283 g/mol. The van der Waals surface area contributed by atoms with Crippen LogP contribution in [0.2, 0.25) is 0 Å². The highest BCUT2D eigenvalue weighted by Crippen LogP contribution is 2.40. The van der Waals surface area contributed by atoms with Crippen LogP contribution >= 0.6 is 0 Å². The maximum atomic E-state index is 12.4. The number of nitrogens with zero attached hydrogens (tertiary/aromatic N) is 1. The number of carbonyl (C=O) groups excluding carboxylic acids is 1. The molecule has 112 valence electrons. The fraction of sp³-hybridized carbons (Fsp3) is 0.526. The summed E-state index contributed by atoms with van der Waals surface area (Å²) in [5, 5.41) is 0. The molecular weight excluding hydrogens is 258 g/mol. The molecule has 0 amide bonds. The molecule has 1 aromatic carbocycles. The Labute approximate surface area is 127 Å². The molecule has 2 aliphatic rings. The molecule has 0 unspecified atom stereocenters. The van der Waals surface area contributed by atoms with Gasteiger partial charge < -0.3 is 4.90 Å². The molecule has 1 aliphatic carbocycles. The highest BCUT2D eigenvalue weighted by Gasteiger charge is 2.32. The van der Waals surface area contributed by atoms with Gasteiger partial charge in [0.05, 0.1) is 0 Å². The van der Waals surface area contributed by atoms with Gasteiger partial charge in [0.25, 0.3) is 0 Å². The zero-order chi connectivity index (χ0) is 15.0. The lowest BCUT2D eigenvalue weighted by Crippen LogP contribution is -2.43. The van der Waals surface area contributed by atoms with Gasteiger partial charge in [0.1, 0.15) is 5.78 Å². The van der Waals surface area contributed by atoms with Gasteiger partial charge in [-0.2, -0.15) is 0 Å². The first-order chi connectivity index (χ1) is 9.97.